The fraction of sp³-hybridized carbons (Fsp3) is 0.714. The molecule has 4 nitrogen and oxygen atoms in total. The molecule has 0 bridgehead atoms. The third-order valence-corrected chi connectivity index (χ3v) is 3.65. The largest absolute Gasteiger partial charge is 0.481 e. The summed E-state index contributed by atoms with van der Waals surface area (Å²) in [6.07, 6.45) is -12.7. The third-order valence-electron chi connectivity index (χ3n) is 2.07. The number of carbonyl (C=O) groups excluding carboxylic acids is 1. The standard InChI is InChI=1S/C7H5F6NO3S/c8-6(9,10)5(7(11,12)13)14-4(17)2(18-5)1-3(15)16/h2H,1H2,(H,14,17)(H,15,16). The minimum absolute atomic E-state index is 0.783. The summed E-state index contributed by atoms with van der Waals surface area (Å²) in [6, 6.07) is 0. The fourth-order valence-corrected chi connectivity index (χ4v) is 2.52. The fourth-order valence-electron chi connectivity index (χ4n) is 1.28. The monoisotopic (exact) mass is 297 g/mol. The number of carbonyl (C=O) groups is 2. The van der Waals surface area contributed by atoms with Crippen molar-refractivity contribution in [2.75, 3.05) is 0 Å². The number of carboxylic acid groups (broad SMARTS) is 1. The molecule has 0 aliphatic carbocycles. The lowest BCUT2D eigenvalue weighted by Gasteiger charge is -2.32. The van der Waals surface area contributed by atoms with E-state index in [2.05, 4.69) is 0 Å². The van der Waals surface area contributed by atoms with Crippen molar-refractivity contribution in [3.05, 3.63) is 0 Å². The van der Waals surface area contributed by atoms with E-state index in [4.69, 9.17) is 5.11 Å². The molecule has 1 atom stereocenters. The number of carboxylic acids is 1. The van der Waals surface area contributed by atoms with E-state index in [1.165, 1.54) is 0 Å². The zero-order valence-corrected chi connectivity index (χ0v) is 9.04. The summed E-state index contributed by atoms with van der Waals surface area (Å²) >= 11 is -0.783. The lowest BCUT2D eigenvalue weighted by atomic mass is 10.2. The molecule has 0 radical (unpaired) electrons. The van der Waals surface area contributed by atoms with Gasteiger partial charge >= 0.3 is 18.3 Å². The lowest BCUT2D eigenvalue weighted by molar-refractivity contribution is -0.270. The number of rotatable bonds is 2. The summed E-state index contributed by atoms with van der Waals surface area (Å²) in [4.78, 5) is 16.8. The van der Waals surface area contributed by atoms with Crippen molar-refractivity contribution in [2.45, 2.75) is 28.9 Å². The van der Waals surface area contributed by atoms with Crippen molar-refractivity contribution in [3.63, 3.8) is 0 Å². The number of hydrogen-bond acceptors (Lipinski definition) is 3. The van der Waals surface area contributed by atoms with E-state index in [1.54, 1.807) is 0 Å². The predicted octanol–water partition coefficient (Wildman–Crippen LogP) is 1.51. The normalized spacial score (nSPS) is 23.9. The van der Waals surface area contributed by atoms with Crippen LogP contribution in [-0.4, -0.2) is 39.5 Å². The van der Waals surface area contributed by atoms with Gasteiger partial charge in [-0.1, -0.05) is 0 Å². The minimum Gasteiger partial charge on any atom is -0.481 e. The second kappa shape index (κ2) is 4.21. The molecular formula is C7H5F6NO3S. The van der Waals surface area contributed by atoms with Gasteiger partial charge in [0.25, 0.3) is 4.87 Å². The molecule has 1 rings (SSSR count). The number of aliphatic carboxylic acids is 1. The van der Waals surface area contributed by atoms with Crippen LogP contribution in [-0.2, 0) is 9.59 Å². The molecule has 1 heterocycles. The zero-order chi connectivity index (χ0) is 14.4. The highest BCUT2D eigenvalue weighted by Gasteiger charge is 2.76. The van der Waals surface area contributed by atoms with Crippen molar-refractivity contribution in [1.29, 1.82) is 0 Å². The Labute approximate surface area is 99.7 Å². The van der Waals surface area contributed by atoms with Crippen LogP contribution in [0.25, 0.3) is 0 Å². The van der Waals surface area contributed by atoms with Gasteiger partial charge in [-0.15, -0.1) is 11.8 Å². The maximum absolute atomic E-state index is 12.5. The Morgan fingerprint density at radius 2 is 1.72 bits per heavy atom. The van der Waals surface area contributed by atoms with Gasteiger partial charge in [-0.3, -0.25) is 9.59 Å². The third kappa shape index (κ3) is 2.35. The van der Waals surface area contributed by atoms with Crippen LogP contribution in [0.15, 0.2) is 0 Å². The molecule has 0 aromatic carbocycles. The van der Waals surface area contributed by atoms with Crippen LogP contribution in [0.4, 0.5) is 26.3 Å². The topological polar surface area (TPSA) is 66.4 Å². The quantitative estimate of drug-likeness (QED) is 0.758. The Bertz CT molecular complexity index is 364. The first-order chi connectivity index (χ1) is 7.91. The molecule has 0 spiro atoms. The molecule has 0 aromatic heterocycles. The lowest BCUT2D eigenvalue weighted by Crippen LogP contribution is -2.61. The molecule has 1 amide bonds. The zero-order valence-electron chi connectivity index (χ0n) is 8.22. The summed E-state index contributed by atoms with van der Waals surface area (Å²) in [5, 5.41) is 7.19. The van der Waals surface area contributed by atoms with Gasteiger partial charge < -0.3 is 10.4 Å². The van der Waals surface area contributed by atoms with Crippen LogP contribution < -0.4 is 5.32 Å². The molecule has 104 valence electrons. The van der Waals surface area contributed by atoms with Gasteiger partial charge in [-0.2, -0.15) is 26.3 Å². The number of halogens is 6. The number of nitrogens with one attached hydrogen (secondary N) is 1. The van der Waals surface area contributed by atoms with E-state index < -0.39 is 52.5 Å². The first-order valence-corrected chi connectivity index (χ1v) is 5.14. The molecule has 1 saturated heterocycles. The van der Waals surface area contributed by atoms with Gasteiger partial charge in [0.15, 0.2) is 0 Å². The predicted molar refractivity (Wildman–Crippen MR) is 46.6 cm³/mol. The van der Waals surface area contributed by atoms with E-state index in [0.717, 1.165) is 5.32 Å². The van der Waals surface area contributed by atoms with Gasteiger partial charge in [0.1, 0.15) is 0 Å². The van der Waals surface area contributed by atoms with Gasteiger partial charge in [0.2, 0.25) is 5.91 Å². The minimum atomic E-state index is -5.78. The molecule has 2 N–H and O–H groups in total. The highest BCUT2D eigenvalue weighted by molar-refractivity contribution is 8.02. The summed E-state index contributed by atoms with van der Waals surface area (Å²) in [7, 11) is 0. The van der Waals surface area contributed by atoms with Crippen molar-refractivity contribution in [2.24, 2.45) is 0 Å². The van der Waals surface area contributed by atoms with Crippen molar-refractivity contribution in [1.82, 2.24) is 5.32 Å². The van der Waals surface area contributed by atoms with E-state index in [9.17, 15) is 35.9 Å². The molecule has 1 unspecified atom stereocenters. The summed E-state index contributed by atoms with van der Waals surface area (Å²) < 4.78 is 75.0. The Hall–Kier alpha value is -1.13. The highest BCUT2D eigenvalue weighted by atomic mass is 32.2. The second-order valence-electron chi connectivity index (χ2n) is 3.37. The summed E-state index contributed by atoms with van der Waals surface area (Å²) in [5.74, 6) is -3.26. The van der Waals surface area contributed by atoms with Crippen molar-refractivity contribution in [3.8, 4) is 0 Å². The summed E-state index contributed by atoms with van der Waals surface area (Å²) in [6.45, 7) is 0. The SMILES string of the molecule is O=C(O)CC1SC(C(F)(F)F)(C(F)(F)F)NC1=O. The van der Waals surface area contributed by atoms with E-state index in [1.807, 2.05) is 0 Å². The van der Waals surface area contributed by atoms with Crippen LogP contribution in [0.3, 0.4) is 0 Å². The summed E-state index contributed by atoms with van der Waals surface area (Å²) in [5.41, 5.74) is 0. The number of amides is 1. The van der Waals surface area contributed by atoms with Crippen molar-refractivity contribution >= 4 is 23.6 Å². The first kappa shape index (κ1) is 14.9. The van der Waals surface area contributed by atoms with Gasteiger partial charge in [-0.05, 0) is 0 Å². The number of thioether (sulfide) groups is 1. The average Bonchev–Trinajstić information content (AvgIpc) is 2.41. The van der Waals surface area contributed by atoms with Gasteiger partial charge in [0.05, 0.1) is 11.7 Å². The van der Waals surface area contributed by atoms with E-state index >= 15 is 0 Å². The average molecular weight is 297 g/mol. The Morgan fingerprint density at radius 3 is 2.00 bits per heavy atom. The van der Waals surface area contributed by atoms with E-state index in [-0.39, 0.29) is 0 Å². The maximum Gasteiger partial charge on any atom is 0.430 e. The molecule has 18 heavy (non-hydrogen) atoms. The Kier molecular flexibility index (Phi) is 3.49. The molecular weight excluding hydrogens is 292 g/mol. The van der Waals surface area contributed by atoms with Crippen molar-refractivity contribution < 1.29 is 41.0 Å². The van der Waals surface area contributed by atoms with Crippen LogP contribution >= 0.6 is 11.8 Å². The highest BCUT2D eigenvalue weighted by Crippen LogP contribution is 2.54. The number of hydrogen-bond donors (Lipinski definition) is 2. The molecule has 11 heteroatoms. The van der Waals surface area contributed by atoms with E-state index in [0.29, 0.717) is 0 Å². The van der Waals surface area contributed by atoms with Gasteiger partial charge in [-0.25, -0.2) is 0 Å². The van der Waals surface area contributed by atoms with Crippen LogP contribution in [0.5, 0.6) is 0 Å². The van der Waals surface area contributed by atoms with Gasteiger partial charge in [0, 0.05) is 0 Å². The molecule has 1 aliphatic rings. The molecule has 0 aromatic rings. The van der Waals surface area contributed by atoms with Crippen LogP contribution in [0, 0.1) is 0 Å². The molecule has 1 aliphatic heterocycles. The Morgan fingerprint density at radius 1 is 1.28 bits per heavy atom. The smallest absolute Gasteiger partial charge is 0.430 e. The number of alkyl halides is 6. The first-order valence-electron chi connectivity index (χ1n) is 4.26. The molecule has 1 fully saturated rings. The maximum atomic E-state index is 12.5. The second-order valence-corrected chi connectivity index (χ2v) is 4.79. The van der Waals surface area contributed by atoms with Crippen LogP contribution in [0.2, 0.25) is 0 Å². The molecule has 0 saturated carbocycles. The van der Waals surface area contributed by atoms with Crippen LogP contribution in [0.1, 0.15) is 6.42 Å². The Balaban J connectivity index is 3.12.